The van der Waals surface area contributed by atoms with E-state index in [1.165, 1.54) is 19.3 Å². The number of amides is 1. The highest BCUT2D eigenvalue weighted by Crippen LogP contribution is 2.29. The van der Waals surface area contributed by atoms with Crippen LogP contribution in [0.5, 0.6) is 0 Å². The van der Waals surface area contributed by atoms with Crippen molar-refractivity contribution < 1.29 is 4.79 Å². The van der Waals surface area contributed by atoms with Crippen LogP contribution in [0.1, 0.15) is 56.3 Å². The maximum atomic E-state index is 12.1. The van der Waals surface area contributed by atoms with Crippen molar-refractivity contribution >= 4 is 5.91 Å². The van der Waals surface area contributed by atoms with Crippen molar-refractivity contribution in [2.75, 3.05) is 0 Å². The van der Waals surface area contributed by atoms with Crippen molar-refractivity contribution in [3.8, 4) is 0 Å². The van der Waals surface area contributed by atoms with Crippen LogP contribution in [0.4, 0.5) is 0 Å². The molecule has 1 amide bonds. The molecule has 0 unspecified atom stereocenters. The van der Waals surface area contributed by atoms with Gasteiger partial charge < -0.3 is 5.32 Å². The van der Waals surface area contributed by atoms with E-state index in [2.05, 4.69) is 19.2 Å². The molecular weight excluding hydrogens is 234 g/mol. The molecule has 0 saturated heterocycles. The molecule has 1 aliphatic carbocycles. The molecule has 2 heteroatoms. The molecule has 1 aromatic rings. The summed E-state index contributed by atoms with van der Waals surface area (Å²) >= 11 is 0. The first-order chi connectivity index (χ1) is 9.15. The molecule has 2 nitrogen and oxygen atoms in total. The molecule has 1 saturated carbocycles. The van der Waals surface area contributed by atoms with Gasteiger partial charge in [0.15, 0.2) is 0 Å². The molecule has 0 aromatic heterocycles. The largest absolute Gasteiger partial charge is 0.349 e. The Balaban J connectivity index is 1.78. The van der Waals surface area contributed by atoms with E-state index in [1.807, 2.05) is 30.3 Å². The molecule has 1 fully saturated rings. The van der Waals surface area contributed by atoms with Crippen LogP contribution in [0, 0.1) is 11.8 Å². The van der Waals surface area contributed by atoms with Crippen molar-refractivity contribution in [1.82, 2.24) is 5.32 Å². The van der Waals surface area contributed by atoms with E-state index >= 15 is 0 Å². The third-order valence-electron chi connectivity index (χ3n) is 4.02. The van der Waals surface area contributed by atoms with E-state index in [0.29, 0.717) is 6.04 Å². The molecular formula is C17H25NO. The van der Waals surface area contributed by atoms with Crippen LogP contribution in [0.3, 0.4) is 0 Å². The highest BCUT2D eigenvalue weighted by molar-refractivity contribution is 5.94. The number of rotatable bonds is 4. The Kier molecular flexibility index (Phi) is 5.00. The van der Waals surface area contributed by atoms with Gasteiger partial charge in [-0.25, -0.2) is 0 Å². The zero-order valence-corrected chi connectivity index (χ0v) is 12.1. The van der Waals surface area contributed by atoms with Crippen LogP contribution < -0.4 is 5.32 Å². The molecule has 1 aromatic carbocycles. The number of carbonyl (C=O) groups is 1. The smallest absolute Gasteiger partial charge is 0.251 e. The summed E-state index contributed by atoms with van der Waals surface area (Å²) in [5.41, 5.74) is 0.770. The summed E-state index contributed by atoms with van der Waals surface area (Å²) < 4.78 is 0. The van der Waals surface area contributed by atoms with Crippen molar-refractivity contribution in [2.45, 2.75) is 52.0 Å². The molecule has 0 spiro atoms. The van der Waals surface area contributed by atoms with Crippen LogP contribution in [-0.4, -0.2) is 11.9 Å². The molecule has 1 aliphatic rings. The number of carbonyl (C=O) groups excluding carboxylic acids is 1. The zero-order chi connectivity index (χ0) is 13.7. The fraction of sp³-hybridized carbons (Fsp3) is 0.588. The van der Waals surface area contributed by atoms with Crippen molar-refractivity contribution in [1.29, 1.82) is 0 Å². The lowest BCUT2D eigenvalue weighted by atomic mass is 9.81. The molecule has 0 radical (unpaired) electrons. The van der Waals surface area contributed by atoms with Crippen LogP contribution in [0.25, 0.3) is 0 Å². The van der Waals surface area contributed by atoms with Gasteiger partial charge in [-0.15, -0.1) is 0 Å². The van der Waals surface area contributed by atoms with Gasteiger partial charge in [0.2, 0.25) is 0 Å². The van der Waals surface area contributed by atoms with Gasteiger partial charge in [0.05, 0.1) is 0 Å². The molecule has 0 atom stereocenters. The second-order valence-electron chi connectivity index (χ2n) is 6.19. The van der Waals surface area contributed by atoms with Crippen LogP contribution in [0.2, 0.25) is 0 Å². The van der Waals surface area contributed by atoms with Gasteiger partial charge in [-0.3, -0.25) is 4.79 Å². The van der Waals surface area contributed by atoms with Gasteiger partial charge in [-0.2, -0.15) is 0 Å². The summed E-state index contributed by atoms with van der Waals surface area (Å²) in [4.78, 5) is 12.1. The SMILES string of the molecule is CC(C)CC1CCC(NC(=O)c2ccccc2)CC1. The van der Waals surface area contributed by atoms with Crippen LogP contribution in [-0.2, 0) is 0 Å². The monoisotopic (exact) mass is 259 g/mol. The Bertz CT molecular complexity index is 391. The van der Waals surface area contributed by atoms with Gasteiger partial charge >= 0.3 is 0 Å². The maximum absolute atomic E-state index is 12.1. The van der Waals surface area contributed by atoms with Gasteiger partial charge in [0.1, 0.15) is 0 Å². The number of benzene rings is 1. The summed E-state index contributed by atoms with van der Waals surface area (Å²) in [6, 6.07) is 9.88. The second kappa shape index (κ2) is 6.74. The topological polar surface area (TPSA) is 29.1 Å². The number of nitrogens with one attached hydrogen (secondary N) is 1. The highest BCUT2D eigenvalue weighted by atomic mass is 16.1. The van der Waals surface area contributed by atoms with E-state index in [0.717, 1.165) is 30.2 Å². The van der Waals surface area contributed by atoms with Crippen LogP contribution >= 0.6 is 0 Å². The van der Waals surface area contributed by atoms with Crippen molar-refractivity contribution in [2.24, 2.45) is 11.8 Å². The Labute approximate surface area is 116 Å². The lowest BCUT2D eigenvalue weighted by Gasteiger charge is -2.30. The Morgan fingerprint density at radius 2 is 1.79 bits per heavy atom. The number of hydrogen-bond acceptors (Lipinski definition) is 1. The summed E-state index contributed by atoms with van der Waals surface area (Å²) in [6.07, 6.45) is 6.13. The van der Waals surface area contributed by atoms with Crippen molar-refractivity contribution in [3.05, 3.63) is 35.9 Å². The first-order valence-electron chi connectivity index (χ1n) is 7.51. The molecule has 19 heavy (non-hydrogen) atoms. The minimum atomic E-state index is 0.0768. The average Bonchev–Trinajstić information content (AvgIpc) is 2.41. The standard InChI is InChI=1S/C17H25NO/c1-13(2)12-14-8-10-16(11-9-14)18-17(19)15-6-4-3-5-7-15/h3-7,13-14,16H,8-12H2,1-2H3,(H,18,19). The number of hydrogen-bond donors (Lipinski definition) is 1. The second-order valence-corrected chi connectivity index (χ2v) is 6.19. The molecule has 2 rings (SSSR count). The van der Waals surface area contributed by atoms with E-state index in [4.69, 9.17) is 0 Å². The van der Waals surface area contributed by atoms with E-state index in [-0.39, 0.29) is 5.91 Å². The molecule has 0 aliphatic heterocycles. The zero-order valence-electron chi connectivity index (χ0n) is 12.1. The summed E-state index contributed by atoms with van der Waals surface area (Å²) in [5.74, 6) is 1.73. The normalized spacial score (nSPS) is 23.3. The van der Waals surface area contributed by atoms with E-state index in [1.54, 1.807) is 0 Å². The van der Waals surface area contributed by atoms with Crippen LogP contribution in [0.15, 0.2) is 30.3 Å². The minimum absolute atomic E-state index is 0.0768. The fourth-order valence-corrected chi connectivity index (χ4v) is 3.07. The maximum Gasteiger partial charge on any atom is 0.251 e. The molecule has 0 bridgehead atoms. The van der Waals surface area contributed by atoms with Crippen molar-refractivity contribution in [3.63, 3.8) is 0 Å². The first-order valence-corrected chi connectivity index (χ1v) is 7.51. The minimum Gasteiger partial charge on any atom is -0.349 e. The first kappa shape index (κ1) is 14.1. The predicted molar refractivity (Wildman–Crippen MR) is 79.1 cm³/mol. The highest BCUT2D eigenvalue weighted by Gasteiger charge is 2.23. The molecule has 0 heterocycles. The Morgan fingerprint density at radius 1 is 1.16 bits per heavy atom. The van der Waals surface area contributed by atoms with Gasteiger partial charge in [0.25, 0.3) is 5.91 Å². The van der Waals surface area contributed by atoms with Gasteiger partial charge in [-0.05, 0) is 56.1 Å². The van der Waals surface area contributed by atoms with Gasteiger partial charge in [0, 0.05) is 11.6 Å². The predicted octanol–water partition coefficient (Wildman–Crippen LogP) is 4.02. The average molecular weight is 259 g/mol. The summed E-state index contributed by atoms with van der Waals surface area (Å²) in [6.45, 7) is 4.59. The Hall–Kier alpha value is -1.31. The Morgan fingerprint density at radius 3 is 2.37 bits per heavy atom. The van der Waals surface area contributed by atoms with E-state index in [9.17, 15) is 4.79 Å². The third kappa shape index (κ3) is 4.38. The summed E-state index contributed by atoms with van der Waals surface area (Å²) in [7, 11) is 0. The van der Waals surface area contributed by atoms with Gasteiger partial charge in [-0.1, -0.05) is 32.0 Å². The lowest BCUT2D eigenvalue weighted by molar-refractivity contribution is 0.0920. The quantitative estimate of drug-likeness (QED) is 0.869. The third-order valence-corrected chi connectivity index (χ3v) is 4.02. The molecule has 1 N–H and O–H groups in total. The molecule has 104 valence electrons. The van der Waals surface area contributed by atoms with E-state index < -0.39 is 0 Å². The summed E-state index contributed by atoms with van der Waals surface area (Å²) in [5, 5.41) is 3.17. The fourth-order valence-electron chi connectivity index (χ4n) is 3.07. The lowest BCUT2D eigenvalue weighted by Crippen LogP contribution is -2.37.